The predicted molar refractivity (Wildman–Crippen MR) is 149 cm³/mol. The van der Waals surface area contributed by atoms with Crippen molar-refractivity contribution in [2.75, 3.05) is 13.6 Å². The van der Waals surface area contributed by atoms with Crippen LogP contribution >= 0.6 is 0 Å². The molecule has 17 heteroatoms. The molecule has 1 aromatic carbocycles. The second kappa shape index (κ2) is 12.6. The Bertz CT molecular complexity index is 1550. The molecule has 4 aliphatic rings. The average molecular weight is 664 g/mol. The standard InChI is InChI=1S/C30H33NO16/c1-31-7-6-29-23-13-2-3-14(12-32)24(23)47-25(29)16(4-5-30(29,43)19(31)8-13)44-22(37)11-18(45-21(36)9-15(33)26(38)39)28(42)46-17(27(40)41)10-20(34)35/h2-4,15,17-19,25,32-33,43H,5-12H2,1H3,(H,34,35)(H,38,39)(H,40,41)/t15-,17-,18-,19+,25-,29-,30+/m0/s1. The number of nitrogens with zero attached hydrogens (tertiary/aromatic N) is 1. The van der Waals surface area contributed by atoms with Crippen molar-refractivity contribution >= 4 is 35.8 Å². The lowest BCUT2D eigenvalue weighted by Gasteiger charge is -2.61. The molecule has 2 aliphatic heterocycles. The van der Waals surface area contributed by atoms with Gasteiger partial charge in [0.05, 0.1) is 36.9 Å². The number of aliphatic carboxylic acids is 3. The van der Waals surface area contributed by atoms with Crippen LogP contribution in [-0.2, 0) is 61.4 Å². The van der Waals surface area contributed by atoms with Crippen molar-refractivity contribution in [3.63, 3.8) is 0 Å². The fourth-order valence-electron chi connectivity index (χ4n) is 7.14. The monoisotopic (exact) mass is 663 g/mol. The molecule has 0 aromatic heterocycles. The smallest absolute Gasteiger partial charge is 0.348 e. The number of aliphatic hydroxyl groups excluding tert-OH is 2. The van der Waals surface area contributed by atoms with Gasteiger partial charge in [0.2, 0.25) is 12.2 Å². The minimum Gasteiger partial charge on any atom is -0.481 e. The number of piperidine rings is 1. The molecule has 254 valence electrons. The Kier molecular flexibility index (Phi) is 9.02. The first-order valence-electron chi connectivity index (χ1n) is 14.6. The van der Waals surface area contributed by atoms with Gasteiger partial charge in [0.1, 0.15) is 11.5 Å². The number of carboxylic acid groups (broad SMARTS) is 3. The van der Waals surface area contributed by atoms with Crippen LogP contribution in [0.1, 0.15) is 48.8 Å². The van der Waals surface area contributed by atoms with E-state index in [0.29, 0.717) is 36.3 Å². The van der Waals surface area contributed by atoms with Crippen molar-refractivity contribution in [1.29, 1.82) is 0 Å². The van der Waals surface area contributed by atoms with Gasteiger partial charge in [0.25, 0.3) is 0 Å². The number of hydrogen-bond acceptors (Lipinski definition) is 14. The van der Waals surface area contributed by atoms with E-state index < -0.39 is 90.5 Å². The zero-order valence-electron chi connectivity index (χ0n) is 25.0. The molecule has 2 aliphatic carbocycles. The van der Waals surface area contributed by atoms with Gasteiger partial charge in [0.15, 0.2) is 12.2 Å². The number of esters is 3. The Morgan fingerprint density at radius 3 is 2.36 bits per heavy atom. The third kappa shape index (κ3) is 5.79. The van der Waals surface area contributed by atoms with Gasteiger partial charge in [-0.3, -0.25) is 14.4 Å². The van der Waals surface area contributed by atoms with Crippen LogP contribution in [0, 0.1) is 0 Å². The molecule has 2 bridgehead atoms. The summed E-state index contributed by atoms with van der Waals surface area (Å²) >= 11 is 0. The van der Waals surface area contributed by atoms with E-state index in [4.69, 9.17) is 29.2 Å². The fourth-order valence-corrected chi connectivity index (χ4v) is 7.14. The summed E-state index contributed by atoms with van der Waals surface area (Å²) in [6.07, 6.45) is -8.77. The van der Waals surface area contributed by atoms with E-state index >= 15 is 0 Å². The first-order chi connectivity index (χ1) is 22.1. The van der Waals surface area contributed by atoms with Gasteiger partial charge in [-0.05, 0) is 38.1 Å². The van der Waals surface area contributed by atoms with Crippen molar-refractivity contribution < 1.29 is 78.4 Å². The number of carboxylic acids is 3. The van der Waals surface area contributed by atoms with Crippen LogP contribution in [-0.4, -0.2) is 121 Å². The van der Waals surface area contributed by atoms with Crippen LogP contribution in [0.2, 0.25) is 0 Å². The van der Waals surface area contributed by atoms with Gasteiger partial charge < -0.3 is 54.5 Å². The summed E-state index contributed by atoms with van der Waals surface area (Å²) in [7, 11) is 1.90. The molecule has 1 saturated heterocycles. The Morgan fingerprint density at radius 1 is 1.00 bits per heavy atom. The third-order valence-electron chi connectivity index (χ3n) is 9.29. The number of hydrogen-bond donors (Lipinski definition) is 6. The molecule has 5 rings (SSSR count). The molecule has 0 radical (unpaired) electrons. The molecule has 1 spiro atoms. The molecule has 0 unspecified atom stereocenters. The number of likely N-dealkylation sites (tertiary alicyclic amines) is 1. The summed E-state index contributed by atoms with van der Waals surface area (Å²) in [6.45, 7) is 0.195. The van der Waals surface area contributed by atoms with Crippen molar-refractivity contribution in [2.24, 2.45) is 0 Å². The number of ether oxygens (including phenoxy) is 4. The Hall–Kier alpha value is -4.58. The Morgan fingerprint density at radius 2 is 1.72 bits per heavy atom. The lowest BCUT2D eigenvalue weighted by Crippen LogP contribution is -2.74. The lowest BCUT2D eigenvalue weighted by atomic mass is 9.50. The largest absolute Gasteiger partial charge is 0.481 e. The minimum absolute atomic E-state index is 0.0371. The van der Waals surface area contributed by atoms with Crippen LogP contribution in [0.5, 0.6) is 5.75 Å². The number of carbonyl (C=O) groups is 6. The molecule has 2 heterocycles. The Labute approximate surface area is 265 Å². The highest BCUT2D eigenvalue weighted by Crippen LogP contribution is 2.64. The predicted octanol–water partition coefficient (Wildman–Crippen LogP) is -1.39. The minimum atomic E-state index is -2.24. The van der Waals surface area contributed by atoms with Crippen molar-refractivity contribution in [3.8, 4) is 5.75 Å². The molecule has 7 atom stereocenters. The van der Waals surface area contributed by atoms with Crippen molar-refractivity contribution in [3.05, 3.63) is 40.7 Å². The van der Waals surface area contributed by atoms with Gasteiger partial charge in [-0.25, -0.2) is 14.4 Å². The number of likely N-dealkylation sites (N-methyl/N-ethyl adjacent to an activating group) is 1. The van der Waals surface area contributed by atoms with Gasteiger partial charge in [-0.2, -0.15) is 0 Å². The van der Waals surface area contributed by atoms with Gasteiger partial charge in [-0.15, -0.1) is 0 Å². The first-order valence-corrected chi connectivity index (χ1v) is 14.6. The maximum atomic E-state index is 13.3. The number of rotatable bonds is 13. The maximum absolute atomic E-state index is 13.3. The molecule has 0 saturated carbocycles. The lowest BCUT2D eigenvalue weighted by molar-refractivity contribution is -0.182. The van der Waals surface area contributed by atoms with E-state index in [2.05, 4.69) is 4.90 Å². The SMILES string of the molecule is CN1CC[C@]23c4c5ccc(CO)c4O[C@H]2C(OC(=O)C[C@H](OC(=O)C[C@H](O)C(=O)O)C(=O)O[C@@H](CC(=O)O)C(=O)O)=CC[C@@]3(O)[C@H]1C5. The average Bonchev–Trinajstić information content (AvgIpc) is 3.35. The van der Waals surface area contributed by atoms with E-state index in [0.717, 1.165) is 5.56 Å². The molecule has 17 nitrogen and oxygen atoms in total. The Balaban J connectivity index is 1.41. The zero-order valence-corrected chi connectivity index (χ0v) is 25.0. The topological polar surface area (TPSA) is 264 Å². The van der Waals surface area contributed by atoms with Crippen LogP contribution in [0.15, 0.2) is 24.0 Å². The molecule has 1 aromatic rings. The summed E-state index contributed by atoms with van der Waals surface area (Å²) in [5.74, 6) is -9.28. The highest BCUT2D eigenvalue weighted by Gasteiger charge is 2.72. The van der Waals surface area contributed by atoms with Gasteiger partial charge >= 0.3 is 35.8 Å². The van der Waals surface area contributed by atoms with Gasteiger partial charge in [0, 0.05) is 23.6 Å². The van der Waals surface area contributed by atoms with Crippen LogP contribution in [0.3, 0.4) is 0 Å². The number of benzene rings is 1. The quantitative estimate of drug-likeness (QED) is 0.105. The number of carbonyl (C=O) groups excluding carboxylic acids is 3. The molecule has 0 amide bonds. The second-order valence-corrected chi connectivity index (χ2v) is 12.0. The van der Waals surface area contributed by atoms with E-state index in [-0.39, 0.29) is 24.8 Å². The summed E-state index contributed by atoms with van der Waals surface area (Å²) in [5.41, 5.74) is -0.346. The molecule has 1 fully saturated rings. The van der Waals surface area contributed by atoms with Crippen molar-refractivity contribution in [2.45, 2.75) is 86.6 Å². The highest BCUT2D eigenvalue weighted by atomic mass is 16.6. The molecular weight excluding hydrogens is 630 g/mol. The van der Waals surface area contributed by atoms with Crippen LogP contribution in [0.25, 0.3) is 0 Å². The summed E-state index contributed by atoms with van der Waals surface area (Å²) in [5, 5.41) is 58.9. The maximum Gasteiger partial charge on any atom is 0.348 e. The number of aliphatic hydroxyl groups is 3. The van der Waals surface area contributed by atoms with Gasteiger partial charge in [-0.1, -0.05) is 12.1 Å². The molecule has 6 N–H and O–H groups in total. The van der Waals surface area contributed by atoms with E-state index in [1.165, 1.54) is 6.08 Å². The second-order valence-electron chi connectivity index (χ2n) is 12.0. The third-order valence-corrected chi connectivity index (χ3v) is 9.29. The van der Waals surface area contributed by atoms with E-state index in [1.54, 1.807) is 6.07 Å². The highest BCUT2D eigenvalue weighted by molar-refractivity contribution is 5.88. The summed E-state index contributed by atoms with van der Waals surface area (Å²) in [6, 6.07) is 3.27. The van der Waals surface area contributed by atoms with E-state index in [9.17, 15) is 49.2 Å². The normalized spacial score (nSPS) is 27.2. The fraction of sp³-hybridized carbons (Fsp3) is 0.533. The summed E-state index contributed by atoms with van der Waals surface area (Å²) < 4.78 is 21.6. The molecular formula is C30H33NO16. The van der Waals surface area contributed by atoms with Crippen molar-refractivity contribution in [1.82, 2.24) is 4.90 Å². The summed E-state index contributed by atoms with van der Waals surface area (Å²) in [4.78, 5) is 74.0. The first kappa shape index (κ1) is 33.8. The zero-order chi connectivity index (χ0) is 34.4. The van der Waals surface area contributed by atoms with Crippen LogP contribution < -0.4 is 4.74 Å². The van der Waals surface area contributed by atoms with Crippen LogP contribution in [0.4, 0.5) is 0 Å². The van der Waals surface area contributed by atoms with E-state index in [1.807, 2.05) is 13.1 Å². The molecule has 47 heavy (non-hydrogen) atoms.